The summed E-state index contributed by atoms with van der Waals surface area (Å²) in [6.07, 6.45) is 7.02. The summed E-state index contributed by atoms with van der Waals surface area (Å²) in [5, 5.41) is 6.73. The van der Waals surface area contributed by atoms with Gasteiger partial charge in [0.25, 0.3) is 0 Å². The molecule has 0 aliphatic heterocycles. The van der Waals surface area contributed by atoms with Crippen molar-refractivity contribution >= 4 is 11.6 Å². The van der Waals surface area contributed by atoms with Crippen LogP contribution in [0.2, 0.25) is 0 Å². The fourth-order valence-corrected chi connectivity index (χ4v) is 2.10. The Labute approximate surface area is 128 Å². The van der Waals surface area contributed by atoms with Gasteiger partial charge in [-0.15, -0.1) is 0 Å². The van der Waals surface area contributed by atoms with Crippen molar-refractivity contribution in [3.8, 4) is 0 Å². The molecule has 0 fully saturated rings. The van der Waals surface area contributed by atoms with E-state index < -0.39 is 0 Å². The Bertz CT molecular complexity index is 385. The summed E-state index contributed by atoms with van der Waals surface area (Å²) in [6, 6.07) is 0. The molecule has 0 aliphatic rings. The Kier molecular flexibility index (Phi) is 9.53. The van der Waals surface area contributed by atoms with Crippen molar-refractivity contribution in [2.45, 2.75) is 52.9 Å². The minimum absolute atomic E-state index is 0.807. The lowest BCUT2D eigenvalue weighted by atomic mass is 10.1. The molecule has 0 aliphatic carbocycles. The van der Waals surface area contributed by atoms with Crippen molar-refractivity contribution in [2.24, 2.45) is 0 Å². The molecule has 1 rings (SSSR count). The summed E-state index contributed by atoms with van der Waals surface area (Å²) in [5.74, 6) is 1.91. The number of hydrogen-bond acceptors (Lipinski definition) is 5. The smallest absolute Gasteiger partial charge is 0.134 e. The zero-order valence-corrected chi connectivity index (χ0v) is 13.7. The maximum Gasteiger partial charge on any atom is 0.134 e. The Balaban J connectivity index is 2.44. The number of anilines is 2. The van der Waals surface area contributed by atoms with E-state index >= 15 is 0 Å². The van der Waals surface area contributed by atoms with Crippen LogP contribution in [0.25, 0.3) is 0 Å². The second kappa shape index (κ2) is 11.3. The number of unbranched alkanes of at least 4 members (excludes halogenated alkanes) is 1. The summed E-state index contributed by atoms with van der Waals surface area (Å²) < 4.78 is 5.57. The van der Waals surface area contributed by atoms with Crippen LogP contribution in [0.4, 0.5) is 11.6 Å². The van der Waals surface area contributed by atoms with Crippen LogP contribution in [-0.2, 0) is 11.2 Å². The molecule has 0 amide bonds. The lowest BCUT2D eigenvalue weighted by Crippen LogP contribution is -2.12. The number of ether oxygens (including phenoxy) is 1. The maximum absolute atomic E-state index is 5.57. The number of nitrogens with zero attached hydrogens (tertiary/aromatic N) is 2. The highest BCUT2D eigenvalue weighted by atomic mass is 16.5. The van der Waals surface area contributed by atoms with Crippen molar-refractivity contribution in [3.05, 3.63) is 11.9 Å². The SMILES string of the molecule is CCCCOCCCNc1ncnc(NCC)c1CCC. The lowest BCUT2D eigenvalue weighted by Gasteiger charge is -2.14. The standard InChI is InChI=1S/C16H30N4O/c1-4-7-11-21-12-8-10-18-16-14(9-5-2)15(17-6-3)19-13-20-16/h13H,4-12H2,1-3H3,(H2,17,18,19,20). The Morgan fingerprint density at radius 1 is 0.952 bits per heavy atom. The van der Waals surface area contributed by atoms with Crippen molar-refractivity contribution in [3.63, 3.8) is 0 Å². The van der Waals surface area contributed by atoms with Crippen LogP contribution in [0.1, 0.15) is 52.0 Å². The van der Waals surface area contributed by atoms with Crippen LogP contribution in [0, 0.1) is 0 Å². The van der Waals surface area contributed by atoms with Gasteiger partial charge in [0.2, 0.25) is 0 Å². The third-order valence-electron chi connectivity index (χ3n) is 3.19. The highest BCUT2D eigenvalue weighted by Crippen LogP contribution is 2.21. The monoisotopic (exact) mass is 294 g/mol. The summed E-state index contributed by atoms with van der Waals surface area (Å²) in [4.78, 5) is 8.72. The van der Waals surface area contributed by atoms with Gasteiger partial charge in [-0.1, -0.05) is 26.7 Å². The van der Waals surface area contributed by atoms with Gasteiger partial charge < -0.3 is 15.4 Å². The van der Waals surface area contributed by atoms with Gasteiger partial charge in [0.15, 0.2) is 0 Å². The topological polar surface area (TPSA) is 59.1 Å². The van der Waals surface area contributed by atoms with E-state index in [0.717, 1.165) is 63.6 Å². The fourth-order valence-electron chi connectivity index (χ4n) is 2.10. The molecule has 0 radical (unpaired) electrons. The van der Waals surface area contributed by atoms with Crippen LogP contribution >= 0.6 is 0 Å². The first-order valence-electron chi connectivity index (χ1n) is 8.22. The Morgan fingerprint density at radius 3 is 2.33 bits per heavy atom. The molecule has 0 spiro atoms. The van der Waals surface area contributed by atoms with Gasteiger partial charge in [-0.25, -0.2) is 9.97 Å². The summed E-state index contributed by atoms with van der Waals surface area (Å²) in [5.41, 5.74) is 1.19. The van der Waals surface area contributed by atoms with Crippen LogP contribution in [0.3, 0.4) is 0 Å². The van der Waals surface area contributed by atoms with Crippen molar-refractivity contribution in [1.29, 1.82) is 0 Å². The molecular weight excluding hydrogens is 264 g/mol. The highest BCUT2D eigenvalue weighted by Gasteiger charge is 2.09. The van der Waals surface area contributed by atoms with E-state index in [4.69, 9.17) is 4.74 Å². The predicted octanol–water partition coefficient (Wildman–Crippen LogP) is 3.48. The van der Waals surface area contributed by atoms with Crippen LogP contribution in [0.5, 0.6) is 0 Å². The molecule has 5 heteroatoms. The number of aromatic nitrogens is 2. The van der Waals surface area contributed by atoms with Gasteiger partial charge in [0, 0.05) is 31.9 Å². The average molecular weight is 294 g/mol. The Morgan fingerprint density at radius 2 is 1.67 bits per heavy atom. The van der Waals surface area contributed by atoms with Gasteiger partial charge in [-0.2, -0.15) is 0 Å². The van der Waals surface area contributed by atoms with Gasteiger partial charge in [-0.05, 0) is 26.2 Å². The molecule has 0 atom stereocenters. The molecular formula is C16H30N4O. The largest absolute Gasteiger partial charge is 0.381 e. The third kappa shape index (κ3) is 6.76. The summed E-state index contributed by atoms with van der Waals surface area (Å²) >= 11 is 0. The first kappa shape index (κ1) is 17.7. The number of rotatable bonds is 12. The molecule has 1 aromatic heterocycles. The van der Waals surface area contributed by atoms with Gasteiger partial charge in [0.1, 0.15) is 18.0 Å². The second-order valence-electron chi connectivity index (χ2n) is 5.08. The third-order valence-corrected chi connectivity index (χ3v) is 3.19. The summed E-state index contributed by atoms with van der Waals surface area (Å²) in [7, 11) is 0. The predicted molar refractivity (Wildman–Crippen MR) is 89.0 cm³/mol. The van der Waals surface area contributed by atoms with Crippen LogP contribution in [0.15, 0.2) is 6.33 Å². The first-order chi connectivity index (χ1) is 10.3. The molecule has 5 nitrogen and oxygen atoms in total. The first-order valence-corrected chi connectivity index (χ1v) is 8.22. The average Bonchev–Trinajstić information content (AvgIpc) is 2.49. The molecule has 0 saturated heterocycles. The van der Waals surface area contributed by atoms with Gasteiger partial charge >= 0.3 is 0 Å². The normalized spacial score (nSPS) is 10.6. The lowest BCUT2D eigenvalue weighted by molar-refractivity contribution is 0.131. The van der Waals surface area contributed by atoms with E-state index in [1.54, 1.807) is 6.33 Å². The molecule has 120 valence electrons. The van der Waals surface area contributed by atoms with Crippen LogP contribution < -0.4 is 10.6 Å². The van der Waals surface area contributed by atoms with E-state index in [1.165, 1.54) is 12.0 Å². The van der Waals surface area contributed by atoms with E-state index in [9.17, 15) is 0 Å². The quantitative estimate of drug-likeness (QED) is 0.578. The van der Waals surface area contributed by atoms with E-state index in [2.05, 4.69) is 41.4 Å². The minimum atomic E-state index is 0.807. The fraction of sp³-hybridized carbons (Fsp3) is 0.750. The van der Waals surface area contributed by atoms with Crippen molar-refractivity contribution in [2.75, 3.05) is 36.9 Å². The van der Waals surface area contributed by atoms with Gasteiger partial charge in [0.05, 0.1) is 0 Å². The molecule has 2 N–H and O–H groups in total. The van der Waals surface area contributed by atoms with Crippen LogP contribution in [-0.4, -0.2) is 36.3 Å². The Hall–Kier alpha value is -1.36. The molecule has 0 unspecified atom stereocenters. The van der Waals surface area contributed by atoms with E-state index in [-0.39, 0.29) is 0 Å². The molecule has 0 aromatic carbocycles. The molecule has 1 heterocycles. The molecule has 1 aromatic rings. The molecule has 0 bridgehead atoms. The highest BCUT2D eigenvalue weighted by molar-refractivity contribution is 5.57. The molecule has 21 heavy (non-hydrogen) atoms. The summed E-state index contributed by atoms with van der Waals surface area (Å²) in [6.45, 7) is 9.87. The number of hydrogen-bond donors (Lipinski definition) is 2. The number of nitrogens with one attached hydrogen (secondary N) is 2. The zero-order chi connectivity index (χ0) is 15.3. The van der Waals surface area contributed by atoms with E-state index in [1.807, 2.05) is 0 Å². The molecule has 0 saturated carbocycles. The van der Waals surface area contributed by atoms with E-state index in [0.29, 0.717) is 0 Å². The minimum Gasteiger partial charge on any atom is -0.381 e. The second-order valence-corrected chi connectivity index (χ2v) is 5.08. The maximum atomic E-state index is 5.57. The van der Waals surface area contributed by atoms with Crippen molar-refractivity contribution < 1.29 is 4.74 Å². The van der Waals surface area contributed by atoms with Crippen molar-refractivity contribution in [1.82, 2.24) is 9.97 Å². The van der Waals surface area contributed by atoms with Gasteiger partial charge in [-0.3, -0.25) is 0 Å². The zero-order valence-electron chi connectivity index (χ0n) is 13.7.